The van der Waals surface area contributed by atoms with Gasteiger partial charge in [0.25, 0.3) is 0 Å². The Hall–Kier alpha value is -3.32. The SMILES string of the molecule is CC.Cc1cccc(N2CC(CN(CCCC(CCCS)Cn3cnc4c3CCC(C#N)C=C4)C(=O)O)N=N2)c1. The Bertz CT molecular complexity index is 1190. The number of nitrogens with zero attached hydrogens (tertiary/aromatic N) is 7. The Morgan fingerprint density at radius 3 is 2.83 bits per heavy atom. The van der Waals surface area contributed by atoms with Gasteiger partial charge in [-0.05, 0) is 80.9 Å². The van der Waals surface area contributed by atoms with Crippen molar-refractivity contribution in [3.05, 3.63) is 53.6 Å². The molecule has 1 aliphatic heterocycles. The molecule has 9 nitrogen and oxygen atoms in total. The van der Waals surface area contributed by atoms with Gasteiger partial charge >= 0.3 is 6.09 Å². The van der Waals surface area contributed by atoms with Crippen molar-refractivity contribution in [1.29, 1.82) is 5.26 Å². The fourth-order valence-electron chi connectivity index (χ4n) is 5.22. The van der Waals surface area contributed by atoms with E-state index in [1.54, 1.807) is 0 Å². The number of aromatic nitrogens is 2. The van der Waals surface area contributed by atoms with E-state index in [2.05, 4.69) is 44.7 Å². The monoisotopic (exact) mass is 565 g/mol. The number of thiol groups is 1. The van der Waals surface area contributed by atoms with Crippen LogP contribution in [-0.2, 0) is 13.0 Å². The van der Waals surface area contributed by atoms with Gasteiger partial charge in [-0.2, -0.15) is 23.0 Å². The fourth-order valence-corrected chi connectivity index (χ4v) is 5.40. The van der Waals surface area contributed by atoms with Crippen LogP contribution in [0.2, 0.25) is 0 Å². The van der Waals surface area contributed by atoms with Crippen molar-refractivity contribution < 1.29 is 9.90 Å². The zero-order chi connectivity index (χ0) is 28.9. The fraction of sp³-hybridized carbons (Fsp3) is 0.567. The number of anilines is 1. The number of carbonyl (C=O) groups is 1. The van der Waals surface area contributed by atoms with Gasteiger partial charge in [-0.25, -0.2) is 14.8 Å². The maximum absolute atomic E-state index is 12.0. The first-order chi connectivity index (χ1) is 19.5. The van der Waals surface area contributed by atoms with Gasteiger partial charge in [0.2, 0.25) is 0 Å². The number of rotatable bonds is 12. The molecule has 0 fully saturated rings. The molecule has 1 aliphatic carbocycles. The van der Waals surface area contributed by atoms with Crippen LogP contribution in [0.15, 0.2) is 47.0 Å². The molecule has 1 N–H and O–H groups in total. The van der Waals surface area contributed by atoms with Crippen molar-refractivity contribution in [3.63, 3.8) is 0 Å². The van der Waals surface area contributed by atoms with Gasteiger partial charge in [0.15, 0.2) is 0 Å². The molecule has 1 amide bonds. The molecular weight excluding hydrogens is 522 g/mol. The maximum atomic E-state index is 12.0. The summed E-state index contributed by atoms with van der Waals surface area (Å²) in [6.07, 6.45) is 10.3. The van der Waals surface area contributed by atoms with Crippen LogP contribution in [0.1, 0.15) is 62.9 Å². The van der Waals surface area contributed by atoms with Crippen molar-refractivity contribution >= 4 is 30.5 Å². The quantitative estimate of drug-likeness (QED) is 0.280. The van der Waals surface area contributed by atoms with E-state index in [4.69, 9.17) is 0 Å². The highest BCUT2D eigenvalue weighted by atomic mass is 32.1. The van der Waals surface area contributed by atoms with E-state index < -0.39 is 6.09 Å². The van der Waals surface area contributed by atoms with E-state index in [1.807, 2.05) is 62.5 Å². The van der Waals surface area contributed by atoms with Crippen molar-refractivity contribution in [2.24, 2.45) is 22.2 Å². The molecule has 0 saturated carbocycles. The summed E-state index contributed by atoms with van der Waals surface area (Å²) in [5.41, 5.74) is 4.27. The molecule has 2 aromatic rings. The van der Waals surface area contributed by atoms with Crippen LogP contribution in [0.5, 0.6) is 0 Å². The summed E-state index contributed by atoms with van der Waals surface area (Å²) in [7, 11) is 0. The molecule has 2 aliphatic rings. The molecule has 3 atom stereocenters. The van der Waals surface area contributed by atoms with E-state index in [1.165, 1.54) is 10.6 Å². The van der Waals surface area contributed by atoms with E-state index in [9.17, 15) is 15.2 Å². The standard InChI is InChI=1S/C28H37N7O2S.C2H6/c1-21-5-2-8-25(15-21)35-19-24(31-32-35)18-33(28(36)37)13-3-6-23(7-4-14-38)17-34-20-30-26-11-9-22(16-29)10-12-27(26)34;1-2/h2,5,8-9,11,15,20,22-24,38H,3-4,6-7,10,12-14,17-19H2,1H3,(H,36,37);1-2H3. The number of allylic oxidation sites excluding steroid dienone is 1. The average Bonchev–Trinajstić information content (AvgIpc) is 3.53. The summed E-state index contributed by atoms with van der Waals surface area (Å²) in [6.45, 7) is 8.26. The van der Waals surface area contributed by atoms with Gasteiger partial charge in [-0.3, -0.25) is 0 Å². The van der Waals surface area contributed by atoms with Gasteiger partial charge in [-0.15, -0.1) is 0 Å². The first-order valence-electron chi connectivity index (χ1n) is 14.4. The minimum atomic E-state index is -0.917. The predicted molar refractivity (Wildman–Crippen MR) is 163 cm³/mol. The molecule has 1 aromatic heterocycles. The summed E-state index contributed by atoms with van der Waals surface area (Å²) in [5, 5.41) is 29.6. The molecule has 0 radical (unpaired) electrons. The second kappa shape index (κ2) is 16.1. The summed E-state index contributed by atoms with van der Waals surface area (Å²) < 4.78 is 2.23. The molecule has 0 saturated heterocycles. The number of nitriles is 1. The minimum Gasteiger partial charge on any atom is -0.465 e. The van der Waals surface area contributed by atoms with Crippen LogP contribution in [0.3, 0.4) is 0 Å². The predicted octanol–water partition coefficient (Wildman–Crippen LogP) is 6.66. The molecule has 216 valence electrons. The van der Waals surface area contributed by atoms with Gasteiger partial charge in [-0.1, -0.05) is 37.3 Å². The van der Waals surface area contributed by atoms with E-state index in [0.29, 0.717) is 25.6 Å². The highest BCUT2D eigenvalue weighted by molar-refractivity contribution is 7.80. The molecule has 40 heavy (non-hydrogen) atoms. The Balaban J connectivity index is 0.00000216. The highest BCUT2D eigenvalue weighted by Crippen LogP contribution is 2.25. The molecule has 4 rings (SSSR count). The van der Waals surface area contributed by atoms with Crippen LogP contribution in [0.4, 0.5) is 10.5 Å². The Kier molecular flexibility index (Phi) is 12.5. The third-order valence-electron chi connectivity index (χ3n) is 7.30. The molecule has 1 aromatic carbocycles. The number of aryl methyl sites for hydroxylation is 1. The van der Waals surface area contributed by atoms with Gasteiger partial charge in [0.1, 0.15) is 6.04 Å². The van der Waals surface area contributed by atoms with E-state index >= 15 is 0 Å². The lowest BCUT2D eigenvalue weighted by Gasteiger charge is -2.24. The molecule has 3 unspecified atom stereocenters. The number of hydrogen-bond acceptors (Lipinski definition) is 7. The summed E-state index contributed by atoms with van der Waals surface area (Å²) in [6, 6.07) is 10.2. The van der Waals surface area contributed by atoms with Gasteiger partial charge in [0.05, 0.1) is 42.8 Å². The van der Waals surface area contributed by atoms with Gasteiger partial charge < -0.3 is 14.6 Å². The molecule has 0 spiro atoms. The first kappa shape index (κ1) is 31.2. The zero-order valence-corrected chi connectivity index (χ0v) is 24.9. The van der Waals surface area contributed by atoms with Gasteiger partial charge in [0, 0.05) is 18.8 Å². The normalized spacial score (nSPS) is 18.3. The van der Waals surface area contributed by atoms with Crippen LogP contribution in [0.25, 0.3) is 6.08 Å². The minimum absolute atomic E-state index is 0.0667. The average molecular weight is 566 g/mol. The maximum Gasteiger partial charge on any atom is 0.407 e. The number of fused-ring (bicyclic) bond motifs is 1. The second-order valence-electron chi connectivity index (χ2n) is 10.2. The largest absolute Gasteiger partial charge is 0.465 e. The van der Waals surface area contributed by atoms with E-state index in [-0.39, 0.29) is 12.0 Å². The Morgan fingerprint density at radius 2 is 2.10 bits per heavy atom. The van der Waals surface area contributed by atoms with E-state index in [0.717, 1.165) is 67.8 Å². The van der Waals surface area contributed by atoms with Crippen LogP contribution in [-0.4, -0.2) is 57.1 Å². The molecule has 10 heteroatoms. The number of benzene rings is 1. The molecule has 0 bridgehead atoms. The third-order valence-corrected chi connectivity index (χ3v) is 7.61. The summed E-state index contributed by atoms with van der Waals surface area (Å²) in [5.74, 6) is 1.16. The van der Waals surface area contributed by atoms with Crippen LogP contribution in [0, 0.1) is 30.1 Å². The van der Waals surface area contributed by atoms with Crippen molar-refractivity contribution in [2.75, 3.05) is 30.4 Å². The number of amides is 1. The number of carboxylic acid groups (broad SMARTS) is 1. The van der Waals surface area contributed by atoms with Crippen molar-refractivity contribution in [1.82, 2.24) is 14.5 Å². The molecular formula is C30H43N7O2S. The summed E-state index contributed by atoms with van der Waals surface area (Å²) >= 11 is 4.41. The topological polar surface area (TPSA) is 110 Å². The highest BCUT2D eigenvalue weighted by Gasteiger charge is 2.25. The third kappa shape index (κ3) is 8.85. The number of hydrogen-bond donors (Lipinski definition) is 2. The first-order valence-corrected chi connectivity index (χ1v) is 15.1. The summed E-state index contributed by atoms with van der Waals surface area (Å²) in [4.78, 5) is 18.1. The second-order valence-corrected chi connectivity index (χ2v) is 10.7. The zero-order valence-electron chi connectivity index (χ0n) is 24.0. The lowest BCUT2D eigenvalue weighted by atomic mass is 9.97. The van der Waals surface area contributed by atoms with Crippen LogP contribution < -0.4 is 5.01 Å². The Labute approximate surface area is 244 Å². The van der Waals surface area contributed by atoms with Crippen LogP contribution >= 0.6 is 12.6 Å². The number of imidazole rings is 1. The molecule has 2 heterocycles. The van der Waals surface area contributed by atoms with Crippen molar-refractivity contribution in [3.8, 4) is 6.07 Å². The lowest BCUT2D eigenvalue weighted by Crippen LogP contribution is -2.38. The smallest absolute Gasteiger partial charge is 0.407 e. The lowest BCUT2D eigenvalue weighted by molar-refractivity contribution is 0.140. The van der Waals surface area contributed by atoms with Crippen molar-refractivity contribution in [2.45, 2.75) is 71.9 Å². The Morgan fingerprint density at radius 1 is 1.30 bits per heavy atom.